The highest BCUT2D eigenvalue weighted by atomic mass is 16.6. The second kappa shape index (κ2) is 9.92. The van der Waals surface area contributed by atoms with Gasteiger partial charge in [-0.2, -0.15) is 0 Å². The fraction of sp³-hybridized carbons (Fsp3) is 0.727. The molecule has 4 saturated carbocycles. The molecular weight excluding hydrogens is 492 g/mol. The first-order valence-electron chi connectivity index (χ1n) is 15.0. The van der Waals surface area contributed by atoms with Gasteiger partial charge in [0.05, 0.1) is 17.3 Å². The predicted octanol–water partition coefficient (Wildman–Crippen LogP) is 7.14. The van der Waals surface area contributed by atoms with Crippen molar-refractivity contribution in [2.75, 3.05) is 0 Å². The molecule has 6 nitrogen and oxygen atoms in total. The van der Waals surface area contributed by atoms with Gasteiger partial charge in [-0.3, -0.25) is 14.4 Å². The molecule has 4 aliphatic carbocycles. The van der Waals surface area contributed by atoms with Crippen LogP contribution in [0, 0.1) is 28.6 Å². The number of benzene rings is 1. The highest BCUT2D eigenvalue weighted by molar-refractivity contribution is 5.97. The third kappa shape index (κ3) is 5.90. The fourth-order valence-corrected chi connectivity index (χ4v) is 8.21. The van der Waals surface area contributed by atoms with E-state index in [1.807, 2.05) is 58.9 Å². The maximum absolute atomic E-state index is 14.0. The van der Waals surface area contributed by atoms with Gasteiger partial charge in [0.1, 0.15) is 17.0 Å². The standard InChI is InChI=1S/C33H46O6/c1-7-31(5,29(36)39-33-15-21-12-22(16-33)14-23(13-21)17-33)18-25(19-32(6)20-27(34)37-28(32)35)24-8-10-26(11-9-24)38-30(2,3)4/h8-11,21-23,25H,7,12-20H2,1-6H3. The third-order valence-electron chi connectivity index (χ3n) is 9.97. The van der Waals surface area contributed by atoms with Crippen molar-refractivity contribution in [3.8, 4) is 5.75 Å². The van der Waals surface area contributed by atoms with Crippen molar-refractivity contribution in [2.45, 2.75) is 123 Å². The Morgan fingerprint density at radius 1 is 1.00 bits per heavy atom. The van der Waals surface area contributed by atoms with Gasteiger partial charge in [0.25, 0.3) is 0 Å². The van der Waals surface area contributed by atoms with E-state index in [-0.39, 0.29) is 29.5 Å². The molecule has 0 N–H and O–H groups in total. The summed E-state index contributed by atoms with van der Waals surface area (Å²) in [6.07, 6.45) is 8.58. The van der Waals surface area contributed by atoms with Crippen molar-refractivity contribution in [1.82, 2.24) is 0 Å². The molecule has 1 saturated heterocycles. The van der Waals surface area contributed by atoms with Crippen molar-refractivity contribution < 1.29 is 28.6 Å². The second-order valence-corrected chi connectivity index (χ2v) is 14.8. The Kier molecular flexibility index (Phi) is 7.17. The Morgan fingerprint density at radius 2 is 1.56 bits per heavy atom. The molecule has 0 spiro atoms. The molecule has 214 valence electrons. The third-order valence-corrected chi connectivity index (χ3v) is 9.97. The van der Waals surface area contributed by atoms with Gasteiger partial charge >= 0.3 is 17.9 Å². The molecule has 3 unspecified atom stereocenters. The number of carbonyl (C=O) groups is 3. The average Bonchev–Trinajstić information content (AvgIpc) is 3.07. The molecule has 1 aliphatic heterocycles. The van der Waals surface area contributed by atoms with Gasteiger partial charge in [-0.1, -0.05) is 19.1 Å². The number of esters is 3. The molecule has 1 aromatic carbocycles. The first-order chi connectivity index (χ1) is 18.2. The predicted molar refractivity (Wildman–Crippen MR) is 148 cm³/mol. The average molecular weight is 539 g/mol. The van der Waals surface area contributed by atoms with Gasteiger partial charge in [-0.05, 0) is 134 Å². The maximum atomic E-state index is 14.0. The summed E-state index contributed by atoms with van der Waals surface area (Å²) in [6, 6.07) is 7.95. The lowest BCUT2D eigenvalue weighted by molar-refractivity contribution is -0.197. The molecule has 5 fully saturated rings. The highest BCUT2D eigenvalue weighted by Gasteiger charge is 2.55. The van der Waals surface area contributed by atoms with Crippen LogP contribution in [0.25, 0.3) is 0 Å². The van der Waals surface area contributed by atoms with Crippen LogP contribution in [0.5, 0.6) is 5.75 Å². The van der Waals surface area contributed by atoms with Crippen molar-refractivity contribution in [3.05, 3.63) is 29.8 Å². The van der Waals surface area contributed by atoms with Gasteiger partial charge in [0, 0.05) is 0 Å². The number of cyclic esters (lactones) is 2. The Labute approximate surface area is 233 Å². The van der Waals surface area contributed by atoms with Gasteiger partial charge in [0.2, 0.25) is 0 Å². The summed E-state index contributed by atoms with van der Waals surface area (Å²) in [5.41, 5.74) is -1.22. The molecule has 0 amide bonds. The zero-order chi connectivity index (χ0) is 28.2. The van der Waals surface area contributed by atoms with Crippen LogP contribution < -0.4 is 4.74 Å². The van der Waals surface area contributed by atoms with Crippen LogP contribution in [-0.2, 0) is 23.9 Å². The van der Waals surface area contributed by atoms with Crippen LogP contribution in [0.3, 0.4) is 0 Å². The van der Waals surface area contributed by atoms with Gasteiger partial charge in [-0.15, -0.1) is 0 Å². The number of hydrogen-bond acceptors (Lipinski definition) is 6. The molecule has 3 atom stereocenters. The van der Waals surface area contributed by atoms with E-state index < -0.39 is 22.8 Å². The van der Waals surface area contributed by atoms with E-state index in [1.54, 1.807) is 6.92 Å². The zero-order valence-corrected chi connectivity index (χ0v) is 24.6. The van der Waals surface area contributed by atoms with Crippen LogP contribution in [0.2, 0.25) is 0 Å². The molecule has 39 heavy (non-hydrogen) atoms. The maximum Gasteiger partial charge on any atom is 0.320 e. The second-order valence-electron chi connectivity index (χ2n) is 14.8. The van der Waals surface area contributed by atoms with Crippen LogP contribution in [0.4, 0.5) is 0 Å². The smallest absolute Gasteiger partial charge is 0.320 e. The molecule has 6 rings (SSSR count). The highest BCUT2D eigenvalue weighted by Crippen LogP contribution is 2.58. The van der Waals surface area contributed by atoms with Gasteiger partial charge in [0.15, 0.2) is 0 Å². The molecule has 0 aromatic heterocycles. The van der Waals surface area contributed by atoms with Crippen LogP contribution in [0.1, 0.15) is 117 Å². The largest absolute Gasteiger partial charge is 0.488 e. The molecule has 5 aliphatic rings. The molecular formula is C33H46O6. The van der Waals surface area contributed by atoms with E-state index >= 15 is 0 Å². The van der Waals surface area contributed by atoms with Crippen LogP contribution in [-0.4, -0.2) is 29.1 Å². The number of hydrogen-bond donors (Lipinski definition) is 0. The molecule has 1 heterocycles. The lowest BCUT2D eigenvalue weighted by atomic mass is 9.54. The first-order valence-corrected chi connectivity index (χ1v) is 15.0. The summed E-state index contributed by atoms with van der Waals surface area (Å²) in [6.45, 7) is 11.9. The Balaban J connectivity index is 1.39. The van der Waals surface area contributed by atoms with Crippen molar-refractivity contribution >= 4 is 17.9 Å². The Morgan fingerprint density at radius 3 is 2.03 bits per heavy atom. The van der Waals surface area contributed by atoms with Crippen LogP contribution in [0.15, 0.2) is 24.3 Å². The molecule has 4 bridgehead atoms. The monoisotopic (exact) mass is 538 g/mol. The quantitative estimate of drug-likeness (QED) is 0.246. The minimum atomic E-state index is -0.916. The van der Waals surface area contributed by atoms with Gasteiger partial charge < -0.3 is 14.2 Å². The Bertz CT molecular complexity index is 1080. The van der Waals surface area contributed by atoms with E-state index in [1.165, 1.54) is 19.3 Å². The summed E-state index contributed by atoms with van der Waals surface area (Å²) < 4.78 is 17.5. The first kappa shape index (κ1) is 28.2. The molecule has 0 radical (unpaired) electrons. The number of rotatable bonds is 9. The zero-order valence-electron chi connectivity index (χ0n) is 24.6. The van der Waals surface area contributed by atoms with E-state index in [9.17, 15) is 14.4 Å². The van der Waals surface area contributed by atoms with E-state index in [0.29, 0.717) is 37.0 Å². The number of carbonyl (C=O) groups excluding carboxylic acids is 3. The van der Waals surface area contributed by atoms with E-state index in [0.717, 1.165) is 30.6 Å². The topological polar surface area (TPSA) is 78.9 Å². The lowest BCUT2D eigenvalue weighted by Gasteiger charge is -2.56. The van der Waals surface area contributed by atoms with E-state index in [4.69, 9.17) is 14.2 Å². The molecule has 1 aromatic rings. The van der Waals surface area contributed by atoms with E-state index in [2.05, 4.69) is 0 Å². The molecule has 6 heteroatoms. The number of ether oxygens (including phenoxy) is 3. The van der Waals surface area contributed by atoms with Gasteiger partial charge in [-0.25, -0.2) is 0 Å². The minimum absolute atomic E-state index is 0.0636. The normalized spacial score (nSPS) is 33.9. The minimum Gasteiger partial charge on any atom is -0.488 e. The summed E-state index contributed by atoms with van der Waals surface area (Å²) >= 11 is 0. The summed E-state index contributed by atoms with van der Waals surface area (Å²) in [5, 5.41) is 0. The van der Waals surface area contributed by atoms with Crippen LogP contribution >= 0.6 is 0 Å². The summed E-state index contributed by atoms with van der Waals surface area (Å²) in [7, 11) is 0. The SMILES string of the molecule is CCC(C)(CC(CC1(C)CC(=O)OC1=O)c1ccc(OC(C)(C)C)cc1)C(=O)OC12CC3CC(CC(C3)C1)C2. The van der Waals surface area contributed by atoms with Crippen molar-refractivity contribution in [1.29, 1.82) is 0 Å². The van der Waals surface area contributed by atoms with Crippen molar-refractivity contribution in [2.24, 2.45) is 28.6 Å². The fourth-order valence-electron chi connectivity index (χ4n) is 8.21. The lowest BCUT2D eigenvalue weighted by Crippen LogP contribution is -2.54. The summed E-state index contributed by atoms with van der Waals surface area (Å²) in [4.78, 5) is 38.8. The Hall–Kier alpha value is -2.37. The van der Waals surface area contributed by atoms with Crippen molar-refractivity contribution in [3.63, 3.8) is 0 Å². The summed E-state index contributed by atoms with van der Waals surface area (Å²) in [5.74, 6) is 1.67.